The molecule has 4 nitrogen and oxygen atoms in total. The normalized spacial score (nSPS) is 37.4. The topological polar surface area (TPSA) is 36.9 Å². The van der Waals surface area contributed by atoms with Gasteiger partial charge in [-0.05, 0) is 0 Å². The zero-order chi connectivity index (χ0) is 12.1. The van der Waals surface area contributed by atoms with E-state index in [4.69, 9.17) is 18.1 Å². The van der Waals surface area contributed by atoms with Crippen LogP contribution in [0.1, 0.15) is 27.7 Å². The van der Waals surface area contributed by atoms with Crippen molar-refractivity contribution in [3.05, 3.63) is 0 Å². The van der Waals surface area contributed by atoms with Crippen molar-refractivity contribution >= 4 is 7.51 Å². The summed E-state index contributed by atoms with van der Waals surface area (Å²) in [6.07, 6.45) is 0. The number of hydrogen-bond acceptors (Lipinski definition) is 4. The van der Waals surface area contributed by atoms with E-state index in [0.717, 1.165) is 0 Å². The van der Waals surface area contributed by atoms with Crippen molar-refractivity contribution in [3.63, 3.8) is 0 Å². The van der Waals surface area contributed by atoms with Crippen LogP contribution in [-0.4, -0.2) is 33.1 Å². The molecular formula is C11H23O4P. The molecule has 96 valence electrons. The molecule has 0 aromatic carbocycles. The van der Waals surface area contributed by atoms with E-state index in [1.807, 2.05) is 6.66 Å². The Balaban J connectivity index is 2.09. The Morgan fingerprint density at radius 1 is 0.688 bits per heavy atom. The minimum atomic E-state index is -3.22. The Kier molecular flexibility index (Phi) is 2.70. The molecule has 0 radical (unpaired) electrons. The molecule has 2 rings (SSSR count). The van der Waals surface area contributed by atoms with Gasteiger partial charge in [0.25, 0.3) is 0 Å². The Morgan fingerprint density at radius 2 is 0.938 bits per heavy atom. The first-order valence-corrected chi connectivity index (χ1v) is 8.10. The molecule has 2 aliphatic heterocycles. The van der Waals surface area contributed by atoms with E-state index in [1.165, 1.54) is 0 Å². The van der Waals surface area contributed by atoms with Crippen LogP contribution in [0.2, 0.25) is 0 Å². The van der Waals surface area contributed by atoms with E-state index in [1.54, 1.807) is 0 Å². The maximum atomic E-state index is 5.87. The van der Waals surface area contributed by atoms with Gasteiger partial charge in [-0.2, -0.15) is 0 Å². The molecule has 0 aromatic heterocycles. The van der Waals surface area contributed by atoms with Crippen LogP contribution in [0.5, 0.6) is 0 Å². The van der Waals surface area contributed by atoms with E-state index in [-0.39, 0.29) is 10.8 Å². The summed E-state index contributed by atoms with van der Waals surface area (Å²) < 4.78 is 23.5. The zero-order valence-corrected chi connectivity index (χ0v) is 11.8. The van der Waals surface area contributed by atoms with Gasteiger partial charge in [0.1, 0.15) is 0 Å². The fraction of sp³-hybridized carbons (Fsp3) is 1.00. The molecule has 2 heterocycles. The molecule has 5 heteroatoms. The third-order valence-electron chi connectivity index (χ3n) is 2.97. The molecule has 0 amide bonds. The standard InChI is InChI=1S/C11H23O4P/c1-10(2)6-12-16(5,13-7-10)14-8-11(3,4)9-15-16/h6-9H2,1-5H3. The number of rotatable bonds is 0. The SMILES string of the molecule is CC1(C)COP2(C)(OC1)OCC(C)(C)CO2. The summed E-state index contributed by atoms with van der Waals surface area (Å²) in [6, 6.07) is 0. The van der Waals surface area contributed by atoms with Crippen molar-refractivity contribution in [1.82, 2.24) is 0 Å². The second-order valence-electron chi connectivity index (χ2n) is 6.60. The van der Waals surface area contributed by atoms with Crippen LogP contribution in [0.15, 0.2) is 0 Å². The van der Waals surface area contributed by atoms with Gasteiger partial charge in [-0.1, -0.05) is 0 Å². The summed E-state index contributed by atoms with van der Waals surface area (Å²) in [4.78, 5) is 0. The molecule has 1 spiro atoms. The predicted octanol–water partition coefficient (Wildman–Crippen LogP) is 2.98. The Labute approximate surface area is 97.8 Å². The average Bonchev–Trinajstić information content (AvgIpc) is 2.19. The molecule has 0 aromatic rings. The van der Waals surface area contributed by atoms with E-state index in [0.29, 0.717) is 26.4 Å². The first kappa shape index (κ1) is 12.7. The number of hydrogen-bond donors (Lipinski definition) is 0. The van der Waals surface area contributed by atoms with Gasteiger partial charge >= 0.3 is 97.2 Å². The summed E-state index contributed by atoms with van der Waals surface area (Å²) in [5.74, 6) is 0. The summed E-state index contributed by atoms with van der Waals surface area (Å²) in [7, 11) is -3.22. The van der Waals surface area contributed by atoms with E-state index >= 15 is 0 Å². The van der Waals surface area contributed by atoms with Gasteiger partial charge in [-0.15, -0.1) is 0 Å². The van der Waals surface area contributed by atoms with Crippen LogP contribution >= 0.6 is 7.51 Å². The van der Waals surface area contributed by atoms with Gasteiger partial charge in [-0.25, -0.2) is 0 Å². The van der Waals surface area contributed by atoms with Crippen LogP contribution in [0.4, 0.5) is 0 Å². The van der Waals surface area contributed by atoms with Crippen molar-refractivity contribution in [1.29, 1.82) is 0 Å². The van der Waals surface area contributed by atoms with Crippen LogP contribution in [0.25, 0.3) is 0 Å². The van der Waals surface area contributed by atoms with Crippen LogP contribution in [0.3, 0.4) is 0 Å². The van der Waals surface area contributed by atoms with Crippen molar-refractivity contribution in [3.8, 4) is 0 Å². The fourth-order valence-corrected chi connectivity index (χ4v) is 4.57. The first-order chi connectivity index (χ1) is 7.13. The predicted molar refractivity (Wildman–Crippen MR) is 64.2 cm³/mol. The molecule has 0 aliphatic carbocycles. The second kappa shape index (κ2) is 3.39. The minimum absolute atomic E-state index is 0.0405. The molecule has 2 saturated heterocycles. The summed E-state index contributed by atoms with van der Waals surface area (Å²) >= 11 is 0. The summed E-state index contributed by atoms with van der Waals surface area (Å²) in [6.45, 7) is 12.8. The third-order valence-corrected chi connectivity index (χ3v) is 5.78. The van der Waals surface area contributed by atoms with Crippen molar-refractivity contribution in [2.75, 3.05) is 33.1 Å². The molecule has 0 unspecified atom stereocenters. The molecule has 2 fully saturated rings. The van der Waals surface area contributed by atoms with Gasteiger partial charge in [-0.3, -0.25) is 0 Å². The van der Waals surface area contributed by atoms with Gasteiger partial charge in [0.05, 0.1) is 0 Å². The molecule has 0 atom stereocenters. The first-order valence-electron chi connectivity index (χ1n) is 5.75. The Bertz CT molecular complexity index is 245. The summed E-state index contributed by atoms with van der Waals surface area (Å²) in [5, 5.41) is 0. The molecule has 0 bridgehead atoms. The molecule has 16 heavy (non-hydrogen) atoms. The van der Waals surface area contributed by atoms with E-state index in [2.05, 4.69) is 27.7 Å². The quantitative estimate of drug-likeness (QED) is 0.619. The van der Waals surface area contributed by atoms with Gasteiger partial charge in [0.15, 0.2) is 0 Å². The van der Waals surface area contributed by atoms with Gasteiger partial charge in [0.2, 0.25) is 0 Å². The van der Waals surface area contributed by atoms with Gasteiger partial charge in [0, 0.05) is 0 Å². The van der Waals surface area contributed by atoms with Crippen LogP contribution in [0, 0.1) is 10.8 Å². The van der Waals surface area contributed by atoms with E-state index in [9.17, 15) is 0 Å². The van der Waals surface area contributed by atoms with Crippen LogP contribution < -0.4 is 0 Å². The second-order valence-corrected chi connectivity index (χ2v) is 9.99. The molecule has 0 N–H and O–H groups in total. The molecular weight excluding hydrogens is 227 g/mol. The van der Waals surface area contributed by atoms with E-state index < -0.39 is 7.51 Å². The van der Waals surface area contributed by atoms with Crippen molar-refractivity contribution in [2.45, 2.75) is 27.7 Å². The third kappa shape index (κ3) is 2.41. The van der Waals surface area contributed by atoms with Gasteiger partial charge < -0.3 is 0 Å². The van der Waals surface area contributed by atoms with Crippen molar-refractivity contribution < 1.29 is 18.1 Å². The van der Waals surface area contributed by atoms with Crippen LogP contribution in [-0.2, 0) is 18.1 Å². The summed E-state index contributed by atoms with van der Waals surface area (Å²) in [5.41, 5.74) is 0.0810. The monoisotopic (exact) mass is 250 g/mol. The van der Waals surface area contributed by atoms with Crippen molar-refractivity contribution in [2.24, 2.45) is 10.8 Å². The maximum absolute atomic E-state index is 5.87. The fourth-order valence-electron chi connectivity index (χ4n) is 1.58. The zero-order valence-electron chi connectivity index (χ0n) is 10.9. The molecule has 2 aliphatic rings. The Hall–Kier alpha value is 0.270. The average molecular weight is 250 g/mol. The Morgan fingerprint density at radius 3 is 1.19 bits per heavy atom. The molecule has 0 saturated carbocycles.